The molecular weight excluding hydrogens is 407 g/mol. The predicted octanol–water partition coefficient (Wildman–Crippen LogP) is 3.96. The van der Waals surface area contributed by atoms with Crippen LogP contribution in [0.25, 0.3) is 11.5 Å². The van der Waals surface area contributed by atoms with Gasteiger partial charge in [-0.15, -0.1) is 0 Å². The van der Waals surface area contributed by atoms with Gasteiger partial charge >= 0.3 is 0 Å². The molecule has 1 aromatic carbocycles. The largest absolute Gasteiger partial charge is 0.444 e. The van der Waals surface area contributed by atoms with Crippen LogP contribution in [0.1, 0.15) is 18.5 Å². The molecule has 1 aliphatic carbocycles. The Balaban J connectivity index is 1.80. The standard InChI is InChI=1S/C13H12BrIN2O/c14-8-1-4-12(15)11(5-8)13-17-10(7-18-13)6-16-9-2-3-9/h1,4-5,7,9,16H,2-3,6H2. The lowest BCUT2D eigenvalue weighted by atomic mass is 10.2. The summed E-state index contributed by atoms with van der Waals surface area (Å²) in [6.07, 6.45) is 4.31. The number of rotatable bonds is 4. The molecule has 2 aromatic rings. The van der Waals surface area contributed by atoms with Crippen LogP contribution in [0.2, 0.25) is 0 Å². The molecule has 94 valence electrons. The van der Waals surface area contributed by atoms with Gasteiger partial charge in [0, 0.05) is 20.6 Å². The van der Waals surface area contributed by atoms with Crippen molar-refractivity contribution in [3.8, 4) is 11.5 Å². The summed E-state index contributed by atoms with van der Waals surface area (Å²) in [5, 5.41) is 3.43. The van der Waals surface area contributed by atoms with Crippen LogP contribution in [0.4, 0.5) is 0 Å². The quantitative estimate of drug-likeness (QED) is 0.763. The van der Waals surface area contributed by atoms with Crippen molar-refractivity contribution in [2.24, 2.45) is 0 Å². The summed E-state index contributed by atoms with van der Waals surface area (Å²) in [6.45, 7) is 0.790. The normalized spacial score (nSPS) is 15.0. The van der Waals surface area contributed by atoms with Gasteiger partial charge in [-0.3, -0.25) is 0 Å². The van der Waals surface area contributed by atoms with Crippen molar-refractivity contribution in [2.45, 2.75) is 25.4 Å². The molecule has 0 amide bonds. The highest BCUT2D eigenvalue weighted by molar-refractivity contribution is 14.1. The molecule has 0 bridgehead atoms. The van der Waals surface area contributed by atoms with E-state index >= 15 is 0 Å². The van der Waals surface area contributed by atoms with E-state index in [1.807, 2.05) is 18.2 Å². The Hall–Kier alpha value is -0.400. The Kier molecular flexibility index (Phi) is 3.72. The van der Waals surface area contributed by atoms with Gasteiger partial charge in [0.1, 0.15) is 6.26 Å². The number of halogens is 2. The van der Waals surface area contributed by atoms with E-state index in [2.05, 4.69) is 48.8 Å². The van der Waals surface area contributed by atoms with Gasteiger partial charge in [-0.1, -0.05) is 15.9 Å². The number of hydrogen-bond acceptors (Lipinski definition) is 3. The maximum atomic E-state index is 5.56. The average molecular weight is 419 g/mol. The van der Waals surface area contributed by atoms with Gasteiger partial charge in [-0.25, -0.2) is 4.98 Å². The monoisotopic (exact) mass is 418 g/mol. The third-order valence-electron chi connectivity index (χ3n) is 2.86. The molecule has 1 saturated carbocycles. The second-order valence-electron chi connectivity index (χ2n) is 4.42. The van der Waals surface area contributed by atoms with Crippen LogP contribution in [0.5, 0.6) is 0 Å². The van der Waals surface area contributed by atoms with E-state index in [0.29, 0.717) is 11.9 Å². The van der Waals surface area contributed by atoms with Crippen LogP contribution < -0.4 is 5.32 Å². The zero-order valence-corrected chi connectivity index (χ0v) is 13.4. The zero-order valence-electron chi connectivity index (χ0n) is 9.62. The Morgan fingerprint density at radius 3 is 3.06 bits per heavy atom. The zero-order chi connectivity index (χ0) is 12.5. The van der Waals surface area contributed by atoms with Crippen molar-refractivity contribution in [3.63, 3.8) is 0 Å². The van der Waals surface area contributed by atoms with E-state index in [1.54, 1.807) is 6.26 Å². The summed E-state index contributed by atoms with van der Waals surface area (Å²) >= 11 is 5.77. The Morgan fingerprint density at radius 2 is 2.28 bits per heavy atom. The van der Waals surface area contributed by atoms with Crippen LogP contribution in [0.3, 0.4) is 0 Å². The number of hydrogen-bond donors (Lipinski definition) is 1. The van der Waals surface area contributed by atoms with Crippen LogP contribution in [-0.4, -0.2) is 11.0 Å². The summed E-state index contributed by atoms with van der Waals surface area (Å²) < 4.78 is 7.74. The Labute approximate surface area is 128 Å². The number of aromatic nitrogens is 1. The number of oxazole rings is 1. The van der Waals surface area contributed by atoms with E-state index in [4.69, 9.17) is 4.42 Å². The first-order valence-corrected chi connectivity index (χ1v) is 7.73. The molecule has 0 atom stereocenters. The topological polar surface area (TPSA) is 38.1 Å². The number of benzene rings is 1. The molecule has 0 unspecified atom stereocenters. The second-order valence-corrected chi connectivity index (χ2v) is 6.50. The molecule has 3 nitrogen and oxygen atoms in total. The molecule has 1 N–H and O–H groups in total. The summed E-state index contributed by atoms with van der Waals surface area (Å²) in [7, 11) is 0. The van der Waals surface area contributed by atoms with Crippen molar-refractivity contribution < 1.29 is 4.42 Å². The van der Waals surface area contributed by atoms with Crippen LogP contribution in [-0.2, 0) is 6.54 Å². The molecule has 1 fully saturated rings. The molecule has 1 heterocycles. The molecule has 1 aromatic heterocycles. The third kappa shape index (κ3) is 2.95. The van der Waals surface area contributed by atoms with Crippen molar-refractivity contribution in [1.82, 2.24) is 10.3 Å². The fourth-order valence-electron chi connectivity index (χ4n) is 1.71. The smallest absolute Gasteiger partial charge is 0.227 e. The first kappa shape index (κ1) is 12.6. The Bertz CT molecular complexity index is 566. The molecule has 3 rings (SSSR count). The van der Waals surface area contributed by atoms with Gasteiger partial charge in [0.05, 0.1) is 11.3 Å². The molecule has 18 heavy (non-hydrogen) atoms. The minimum absolute atomic E-state index is 0.688. The van der Waals surface area contributed by atoms with Crippen molar-refractivity contribution in [1.29, 1.82) is 0 Å². The summed E-state index contributed by atoms with van der Waals surface area (Å²) in [6, 6.07) is 6.79. The van der Waals surface area contributed by atoms with Crippen molar-refractivity contribution in [3.05, 3.63) is 38.2 Å². The highest BCUT2D eigenvalue weighted by Crippen LogP contribution is 2.28. The van der Waals surface area contributed by atoms with Crippen molar-refractivity contribution in [2.75, 3.05) is 0 Å². The molecule has 0 saturated heterocycles. The van der Waals surface area contributed by atoms with Crippen LogP contribution >= 0.6 is 38.5 Å². The molecule has 1 aliphatic rings. The molecule has 0 radical (unpaired) electrons. The first-order valence-electron chi connectivity index (χ1n) is 5.85. The fraction of sp³-hybridized carbons (Fsp3) is 0.308. The minimum atomic E-state index is 0.688. The van der Waals surface area contributed by atoms with Crippen molar-refractivity contribution >= 4 is 38.5 Å². The molecular formula is C13H12BrIN2O. The van der Waals surface area contributed by atoms with Gasteiger partial charge in [0.15, 0.2) is 0 Å². The van der Waals surface area contributed by atoms with E-state index in [1.165, 1.54) is 12.8 Å². The fourth-order valence-corrected chi connectivity index (χ4v) is 2.64. The molecule has 0 aliphatic heterocycles. The minimum Gasteiger partial charge on any atom is -0.444 e. The SMILES string of the molecule is Brc1ccc(I)c(-c2nc(CNC3CC3)co2)c1. The van der Waals surface area contributed by atoms with Gasteiger partial charge in [-0.05, 0) is 53.6 Å². The van der Waals surface area contributed by atoms with Crippen LogP contribution in [0, 0.1) is 3.57 Å². The third-order valence-corrected chi connectivity index (χ3v) is 4.29. The van der Waals surface area contributed by atoms with Gasteiger partial charge in [0.2, 0.25) is 5.89 Å². The summed E-state index contributed by atoms with van der Waals surface area (Å²) in [4.78, 5) is 4.53. The number of nitrogens with zero attached hydrogens (tertiary/aromatic N) is 1. The maximum Gasteiger partial charge on any atom is 0.227 e. The van der Waals surface area contributed by atoms with Gasteiger partial charge in [-0.2, -0.15) is 0 Å². The Morgan fingerprint density at radius 1 is 1.44 bits per heavy atom. The van der Waals surface area contributed by atoms with E-state index in [0.717, 1.165) is 25.8 Å². The highest BCUT2D eigenvalue weighted by atomic mass is 127. The lowest BCUT2D eigenvalue weighted by molar-refractivity contribution is 0.569. The van der Waals surface area contributed by atoms with Gasteiger partial charge in [0.25, 0.3) is 0 Å². The molecule has 0 spiro atoms. The molecule has 5 heteroatoms. The second kappa shape index (κ2) is 5.30. The average Bonchev–Trinajstić information content (AvgIpc) is 3.08. The lowest BCUT2D eigenvalue weighted by Gasteiger charge is -2.00. The number of nitrogens with one attached hydrogen (secondary N) is 1. The van der Waals surface area contributed by atoms with E-state index < -0.39 is 0 Å². The lowest BCUT2D eigenvalue weighted by Crippen LogP contribution is -2.15. The van der Waals surface area contributed by atoms with E-state index in [-0.39, 0.29) is 0 Å². The maximum absolute atomic E-state index is 5.56. The predicted molar refractivity (Wildman–Crippen MR) is 82.2 cm³/mol. The van der Waals surface area contributed by atoms with E-state index in [9.17, 15) is 0 Å². The van der Waals surface area contributed by atoms with Crippen LogP contribution in [0.15, 0.2) is 33.4 Å². The van der Waals surface area contributed by atoms with Gasteiger partial charge < -0.3 is 9.73 Å². The first-order chi connectivity index (χ1) is 8.72. The highest BCUT2D eigenvalue weighted by Gasteiger charge is 2.20. The summed E-state index contributed by atoms with van der Waals surface area (Å²) in [5.41, 5.74) is 2.00. The summed E-state index contributed by atoms with van der Waals surface area (Å²) in [5.74, 6) is 0.688.